The molecule has 82 valence electrons. The Morgan fingerprint density at radius 3 is 2.80 bits per heavy atom. The Bertz CT molecular complexity index is 386. The Morgan fingerprint density at radius 2 is 2.33 bits per heavy atom. The van der Waals surface area contributed by atoms with Crippen LogP contribution in [-0.2, 0) is 0 Å². The van der Waals surface area contributed by atoms with E-state index in [-0.39, 0.29) is 12.0 Å². The summed E-state index contributed by atoms with van der Waals surface area (Å²) in [5.74, 6) is 0.0633. The van der Waals surface area contributed by atoms with Gasteiger partial charge in [0.05, 0.1) is 11.7 Å². The van der Waals surface area contributed by atoms with E-state index >= 15 is 0 Å². The molecule has 1 aromatic rings. The van der Waals surface area contributed by atoms with Crippen LogP contribution in [0.2, 0.25) is 0 Å². The minimum atomic E-state index is -0.339. The van der Waals surface area contributed by atoms with Crippen molar-refractivity contribution in [2.75, 3.05) is 13.1 Å². The summed E-state index contributed by atoms with van der Waals surface area (Å²) in [6.07, 6.45) is 0.363. The van der Waals surface area contributed by atoms with Crippen LogP contribution in [-0.4, -0.2) is 35.1 Å². The number of likely N-dealkylation sites (tertiary alicyclic amines) is 1. The van der Waals surface area contributed by atoms with Crippen molar-refractivity contribution in [3.8, 4) is 0 Å². The SMILES string of the molecule is Cc1cc(C(=O)N2CC[C@H](O)C2)c(C)s1. The fourth-order valence-corrected chi connectivity index (χ4v) is 2.86. The minimum absolute atomic E-state index is 0.0633. The molecule has 15 heavy (non-hydrogen) atoms. The number of hydrogen-bond donors (Lipinski definition) is 1. The lowest BCUT2D eigenvalue weighted by Crippen LogP contribution is -2.29. The lowest BCUT2D eigenvalue weighted by molar-refractivity contribution is 0.0765. The third kappa shape index (κ3) is 2.06. The summed E-state index contributed by atoms with van der Waals surface area (Å²) < 4.78 is 0. The van der Waals surface area contributed by atoms with Crippen LogP contribution in [0.4, 0.5) is 0 Å². The zero-order chi connectivity index (χ0) is 11.0. The number of thiophene rings is 1. The van der Waals surface area contributed by atoms with Crippen molar-refractivity contribution >= 4 is 17.2 Å². The molecule has 1 aliphatic rings. The van der Waals surface area contributed by atoms with Crippen molar-refractivity contribution in [2.45, 2.75) is 26.4 Å². The highest BCUT2D eigenvalue weighted by atomic mass is 32.1. The van der Waals surface area contributed by atoms with Crippen LogP contribution in [0, 0.1) is 13.8 Å². The standard InChI is InChI=1S/C11H15NO2S/c1-7-5-10(8(2)15-7)11(14)12-4-3-9(13)6-12/h5,9,13H,3-4,6H2,1-2H3/t9-/m0/s1. The average molecular weight is 225 g/mol. The molecule has 0 bridgehead atoms. The van der Waals surface area contributed by atoms with Gasteiger partial charge in [-0.25, -0.2) is 0 Å². The summed E-state index contributed by atoms with van der Waals surface area (Å²) in [5.41, 5.74) is 0.798. The zero-order valence-electron chi connectivity index (χ0n) is 8.99. The fraction of sp³-hybridized carbons (Fsp3) is 0.545. The molecule has 0 spiro atoms. The highest BCUT2D eigenvalue weighted by Gasteiger charge is 2.26. The molecule has 2 heterocycles. The Kier molecular flexibility index (Phi) is 2.80. The first-order valence-corrected chi connectivity index (χ1v) is 5.94. The number of nitrogens with zero attached hydrogens (tertiary/aromatic N) is 1. The van der Waals surface area contributed by atoms with Crippen molar-refractivity contribution < 1.29 is 9.90 Å². The number of amides is 1. The number of carbonyl (C=O) groups is 1. The molecule has 0 aromatic carbocycles. The van der Waals surface area contributed by atoms with Gasteiger partial charge in [0.25, 0.3) is 5.91 Å². The van der Waals surface area contributed by atoms with Crippen LogP contribution < -0.4 is 0 Å². The molecule has 0 aliphatic carbocycles. The molecular formula is C11H15NO2S. The van der Waals surface area contributed by atoms with E-state index in [4.69, 9.17) is 0 Å². The molecule has 1 aromatic heterocycles. The highest BCUT2D eigenvalue weighted by Crippen LogP contribution is 2.23. The number of aryl methyl sites for hydroxylation is 2. The molecule has 1 amide bonds. The van der Waals surface area contributed by atoms with Crippen molar-refractivity contribution in [1.82, 2.24) is 4.90 Å². The van der Waals surface area contributed by atoms with E-state index in [0.717, 1.165) is 15.3 Å². The van der Waals surface area contributed by atoms with Crippen molar-refractivity contribution in [3.63, 3.8) is 0 Å². The molecule has 0 radical (unpaired) electrons. The number of β-amino-alcohol motifs (C(OH)–C–C–N with tert-alkyl or cyclic N) is 1. The van der Waals surface area contributed by atoms with Crippen molar-refractivity contribution in [3.05, 3.63) is 21.4 Å². The van der Waals surface area contributed by atoms with Crippen LogP contribution in [0.1, 0.15) is 26.5 Å². The zero-order valence-corrected chi connectivity index (χ0v) is 9.80. The summed E-state index contributed by atoms with van der Waals surface area (Å²) in [6, 6.07) is 1.94. The average Bonchev–Trinajstić information content (AvgIpc) is 2.71. The molecule has 4 heteroatoms. The normalized spacial score (nSPS) is 21.0. The third-order valence-corrected chi connectivity index (χ3v) is 3.69. The van der Waals surface area contributed by atoms with E-state index < -0.39 is 0 Å². The first kappa shape index (κ1) is 10.6. The first-order valence-electron chi connectivity index (χ1n) is 5.12. The molecule has 1 saturated heterocycles. The molecule has 1 fully saturated rings. The number of hydrogen-bond acceptors (Lipinski definition) is 3. The predicted molar refractivity (Wildman–Crippen MR) is 60.3 cm³/mol. The third-order valence-electron chi connectivity index (χ3n) is 2.72. The Hall–Kier alpha value is -0.870. The lowest BCUT2D eigenvalue weighted by atomic mass is 10.2. The quantitative estimate of drug-likeness (QED) is 0.788. The van der Waals surface area contributed by atoms with Gasteiger partial charge in [0.15, 0.2) is 0 Å². The molecule has 0 saturated carbocycles. The van der Waals surface area contributed by atoms with Gasteiger partial charge in [-0.2, -0.15) is 0 Å². The Labute approximate surface area is 93.3 Å². The maximum Gasteiger partial charge on any atom is 0.255 e. The molecule has 1 N–H and O–H groups in total. The first-order chi connectivity index (χ1) is 7.08. The maximum atomic E-state index is 12.0. The summed E-state index contributed by atoms with van der Waals surface area (Å²) in [4.78, 5) is 16.0. The number of aliphatic hydroxyl groups excluding tert-OH is 1. The van der Waals surface area contributed by atoms with Crippen LogP contribution in [0.15, 0.2) is 6.07 Å². The lowest BCUT2D eigenvalue weighted by Gasteiger charge is -2.14. The molecule has 0 unspecified atom stereocenters. The number of carbonyl (C=O) groups excluding carboxylic acids is 1. The second-order valence-corrected chi connectivity index (χ2v) is 5.48. The summed E-state index contributed by atoms with van der Waals surface area (Å²) in [7, 11) is 0. The second-order valence-electron chi connectivity index (χ2n) is 4.02. The summed E-state index contributed by atoms with van der Waals surface area (Å²) in [6.45, 7) is 5.13. The van der Waals surface area contributed by atoms with E-state index in [1.807, 2.05) is 19.9 Å². The molecular weight excluding hydrogens is 210 g/mol. The maximum absolute atomic E-state index is 12.0. The van der Waals surface area contributed by atoms with Gasteiger partial charge in [-0.3, -0.25) is 4.79 Å². The number of aliphatic hydroxyl groups is 1. The monoisotopic (exact) mass is 225 g/mol. The van der Waals surface area contributed by atoms with Gasteiger partial charge in [-0.1, -0.05) is 0 Å². The molecule has 1 aliphatic heterocycles. The van der Waals surface area contributed by atoms with Crippen molar-refractivity contribution in [2.24, 2.45) is 0 Å². The fourth-order valence-electron chi connectivity index (χ4n) is 1.94. The minimum Gasteiger partial charge on any atom is -0.391 e. The van der Waals surface area contributed by atoms with Gasteiger partial charge in [0.1, 0.15) is 0 Å². The van der Waals surface area contributed by atoms with Gasteiger partial charge in [-0.05, 0) is 26.3 Å². The van der Waals surface area contributed by atoms with E-state index in [0.29, 0.717) is 19.5 Å². The molecule has 3 nitrogen and oxygen atoms in total. The second kappa shape index (κ2) is 3.94. The van der Waals surface area contributed by atoms with Gasteiger partial charge in [0.2, 0.25) is 0 Å². The van der Waals surface area contributed by atoms with Crippen LogP contribution in [0.5, 0.6) is 0 Å². The highest BCUT2D eigenvalue weighted by molar-refractivity contribution is 7.12. The van der Waals surface area contributed by atoms with Gasteiger partial charge < -0.3 is 10.0 Å². The summed E-state index contributed by atoms with van der Waals surface area (Å²) in [5, 5.41) is 9.38. The van der Waals surface area contributed by atoms with Crippen LogP contribution >= 0.6 is 11.3 Å². The predicted octanol–water partition coefficient (Wildman–Crippen LogP) is 1.57. The molecule has 2 rings (SSSR count). The van der Waals surface area contributed by atoms with E-state index in [1.165, 1.54) is 0 Å². The van der Waals surface area contributed by atoms with Crippen molar-refractivity contribution in [1.29, 1.82) is 0 Å². The smallest absolute Gasteiger partial charge is 0.255 e. The van der Waals surface area contributed by atoms with Gasteiger partial charge >= 0.3 is 0 Å². The van der Waals surface area contributed by atoms with Crippen LogP contribution in [0.3, 0.4) is 0 Å². The topological polar surface area (TPSA) is 40.5 Å². The van der Waals surface area contributed by atoms with E-state index in [2.05, 4.69) is 0 Å². The Morgan fingerprint density at radius 1 is 1.60 bits per heavy atom. The largest absolute Gasteiger partial charge is 0.391 e. The summed E-state index contributed by atoms with van der Waals surface area (Å²) >= 11 is 1.65. The molecule has 1 atom stereocenters. The number of rotatable bonds is 1. The van der Waals surface area contributed by atoms with E-state index in [9.17, 15) is 9.90 Å². The van der Waals surface area contributed by atoms with E-state index in [1.54, 1.807) is 16.2 Å². The van der Waals surface area contributed by atoms with Crippen LogP contribution in [0.25, 0.3) is 0 Å². The van der Waals surface area contributed by atoms with Gasteiger partial charge in [-0.15, -0.1) is 11.3 Å². The van der Waals surface area contributed by atoms with Gasteiger partial charge in [0, 0.05) is 22.8 Å². The Balaban J connectivity index is 2.17.